The number of hydrogen-bond acceptors (Lipinski definition) is 3. The number of rotatable bonds is 4. The van der Waals surface area contributed by atoms with Crippen molar-refractivity contribution in [1.82, 2.24) is 9.55 Å². The number of aromatic nitrogens is 2. The highest BCUT2D eigenvalue weighted by atomic mass is 16.3. The summed E-state index contributed by atoms with van der Waals surface area (Å²) in [5.41, 5.74) is 3.12. The molecule has 0 atom stereocenters. The Hall–Kier alpha value is -2.36. The first-order chi connectivity index (χ1) is 9.65. The number of furan rings is 1. The fourth-order valence-electron chi connectivity index (χ4n) is 2.35. The van der Waals surface area contributed by atoms with E-state index in [2.05, 4.69) is 11.1 Å². The van der Waals surface area contributed by atoms with Crippen LogP contribution in [0.15, 0.2) is 41.0 Å². The molecule has 0 amide bonds. The standard InChI is InChI=1S/C16H16N2O2/c1-11(19)5-6-12-7-8-14-13(10-12)17-16(18(14)2)15-4-3-9-20-15/h3-4,7-10H,5-6H2,1-2H3. The molecule has 2 aromatic heterocycles. The predicted octanol–water partition coefficient (Wildman–Crippen LogP) is 3.35. The van der Waals surface area contributed by atoms with Crippen LogP contribution in [0.3, 0.4) is 0 Å². The third kappa shape index (κ3) is 2.25. The molecule has 20 heavy (non-hydrogen) atoms. The molecule has 0 saturated carbocycles. The quantitative estimate of drug-likeness (QED) is 0.729. The maximum absolute atomic E-state index is 11.1. The molecule has 0 aliphatic carbocycles. The topological polar surface area (TPSA) is 48.0 Å². The lowest BCUT2D eigenvalue weighted by atomic mass is 10.1. The van der Waals surface area contributed by atoms with Gasteiger partial charge in [0.2, 0.25) is 0 Å². The van der Waals surface area contributed by atoms with Crippen molar-refractivity contribution in [2.75, 3.05) is 0 Å². The van der Waals surface area contributed by atoms with Gasteiger partial charge >= 0.3 is 0 Å². The lowest BCUT2D eigenvalue weighted by Crippen LogP contribution is -1.94. The second kappa shape index (κ2) is 4.96. The molecule has 0 fully saturated rings. The van der Waals surface area contributed by atoms with Crippen LogP contribution in [-0.4, -0.2) is 15.3 Å². The first-order valence-corrected chi connectivity index (χ1v) is 6.64. The summed E-state index contributed by atoms with van der Waals surface area (Å²) >= 11 is 0. The molecule has 0 unspecified atom stereocenters. The lowest BCUT2D eigenvalue weighted by molar-refractivity contribution is -0.116. The summed E-state index contributed by atoms with van der Waals surface area (Å²) < 4.78 is 7.43. The largest absolute Gasteiger partial charge is 0.461 e. The maximum Gasteiger partial charge on any atom is 0.176 e. The Balaban J connectivity index is 2.01. The van der Waals surface area contributed by atoms with E-state index < -0.39 is 0 Å². The van der Waals surface area contributed by atoms with E-state index in [4.69, 9.17) is 4.42 Å². The first-order valence-electron chi connectivity index (χ1n) is 6.64. The predicted molar refractivity (Wildman–Crippen MR) is 77.4 cm³/mol. The minimum Gasteiger partial charge on any atom is -0.461 e. The third-order valence-electron chi connectivity index (χ3n) is 3.45. The Bertz CT molecular complexity index is 754. The normalized spacial score (nSPS) is 11.1. The van der Waals surface area contributed by atoms with Crippen LogP contribution in [0.2, 0.25) is 0 Å². The molecule has 3 rings (SSSR count). The van der Waals surface area contributed by atoms with Gasteiger partial charge in [0.25, 0.3) is 0 Å². The zero-order valence-corrected chi connectivity index (χ0v) is 11.6. The molecule has 102 valence electrons. The number of ketones is 1. The highest BCUT2D eigenvalue weighted by Crippen LogP contribution is 2.24. The SMILES string of the molecule is CC(=O)CCc1ccc2c(c1)nc(-c1ccco1)n2C. The van der Waals surface area contributed by atoms with Crippen molar-refractivity contribution >= 4 is 16.8 Å². The van der Waals surface area contributed by atoms with E-state index in [0.717, 1.165) is 34.6 Å². The zero-order valence-electron chi connectivity index (χ0n) is 11.6. The van der Waals surface area contributed by atoms with Gasteiger partial charge < -0.3 is 13.8 Å². The number of imidazole rings is 1. The number of benzene rings is 1. The molecular formula is C16H16N2O2. The van der Waals surface area contributed by atoms with Crippen molar-refractivity contribution in [1.29, 1.82) is 0 Å². The molecule has 0 aliphatic heterocycles. The van der Waals surface area contributed by atoms with Crippen molar-refractivity contribution in [3.63, 3.8) is 0 Å². The summed E-state index contributed by atoms with van der Waals surface area (Å²) in [4.78, 5) is 15.7. The molecule has 3 aromatic rings. The van der Waals surface area contributed by atoms with Gasteiger partial charge in [0.05, 0.1) is 17.3 Å². The first kappa shape index (κ1) is 12.7. The molecule has 0 spiro atoms. The number of carbonyl (C=O) groups excluding carboxylic acids is 1. The van der Waals surface area contributed by atoms with Crippen LogP contribution < -0.4 is 0 Å². The molecule has 0 radical (unpaired) electrons. The second-order valence-electron chi connectivity index (χ2n) is 5.00. The van der Waals surface area contributed by atoms with Gasteiger partial charge in [-0.05, 0) is 43.2 Å². The van der Waals surface area contributed by atoms with Gasteiger partial charge in [0.15, 0.2) is 11.6 Å². The van der Waals surface area contributed by atoms with Crippen molar-refractivity contribution in [2.24, 2.45) is 7.05 Å². The van der Waals surface area contributed by atoms with E-state index in [9.17, 15) is 4.79 Å². The van der Waals surface area contributed by atoms with Crippen LogP contribution in [0, 0.1) is 0 Å². The van der Waals surface area contributed by atoms with Crippen LogP contribution in [-0.2, 0) is 18.3 Å². The summed E-state index contributed by atoms with van der Waals surface area (Å²) in [6, 6.07) is 9.90. The Kier molecular flexibility index (Phi) is 3.14. The second-order valence-corrected chi connectivity index (χ2v) is 5.00. The summed E-state index contributed by atoms with van der Waals surface area (Å²) in [6.07, 6.45) is 2.98. The number of nitrogens with zero attached hydrogens (tertiary/aromatic N) is 2. The van der Waals surface area contributed by atoms with Crippen LogP contribution >= 0.6 is 0 Å². The number of aryl methyl sites for hydroxylation is 2. The van der Waals surface area contributed by atoms with Gasteiger partial charge in [-0.3, -0.25) is 0 Å². The minimum absolute atomic E-state index is 0.211. The average Bonchev–Trinajstić information content (AvgIpc) is 3.04. The number of fused-ring (bicyclic) bond motifs is 1. The molecule has 0 aliphatic rings. The molecule has 0 N–H and O–H groups in total. The summed E-state index contributed by atoms with van der Waals surface area (Å²) in [6.45, 7) is 1.62. The van der Waals surface area contributed by atoms with Crippen molar-refractivity contribution in [2.45, 2.75) is 19.8 Å². The smallest absolute Gasteiger partial charge is 0.176 e. The summed E-state index contributed by atoms with van der Waals surface area (Å²) in [7, 11) is 1.97. The van der Waals surface area contributed by atoms with E-state index in [1.807, 2.05) is 35.9 Å². The molecule has 2 heterocycles. The molecular weight excluding hydrogens is 252 g/mol. The molecule has 4 nitrogen and oxygen atoms in total. The van der Waals surface area contributed by atoms with Gasteiger partial charge in [0, 0.05) is 13.5 Å². The zero-order chi connectivity index (χ0) is 14.1. The molecule has 4 heteroatoms. The van der Waals surface area contributed by atoms with Crippen LogP contribution in [0.5, 0.6) is 0 Å². The Morgan fingerprint density at radius 2 is 2.20 bits per heavy atom. The summed E-state index contributed by atoms with van der Waals surface area (Å²) in [5.74, 6) is 1.78. The highest BCUT2D eigenvalue weighted by molar-refractivity contribution is 5.81. The van der Waals surface area contributed by atoms with Crippen LogP contribution in [0.4, 0.5) is 0 Å². The van der Waals surface area contributed by atoms with E-state index >= 15 is 0 Å². The van der Waals surface area contributed by atoms with Gasteiger partial charge in [-0.15, -0.1) is 0 Å². The van der Waals surface area contributed by atoms with E-state index in [0.29, 0.717) is 6.42 Å². The van der Waals surface area contributed by atoms with E-state index in [1.54, 1.807) is 13.2 Å². The van der Waals surface area contributed by atoms with Crippen LogP contribution in [0.1, 0.15) is 18.9 Å². The Morgan fingerprint density at radius 1 is 1.35 bits per heavy atom. The molecule has 1 aromatic carbocycles. The monoisotopic (exact) mass is 268 g/mol. The number of Topliss-reactive ketones (excluding diaryl/α,β-unsaturated/α-hetero) is 1. The van der Waals surface area contributed by atoms with E-state index in [1.165, 1.54) is 0 Å². The van der Waals surface area contributed by atoms with Gasteiger partial charge in [-0.25, -0.2) is 4.98 Å². The Labute approximate surface area is 117 Å². The third-order valence-corrected chi connectivity index (χ3v) is 3.45. The number of carbonyl (C=O) groups is 1. The summed E-state index contributed by atoms with van der Waals surface area (Å²) in [5, 5.41) is 0. The van der Waals surface area contributed by atoms with Crippen LogP contribution in [0.25, 0.3) is 22.6 Å². The fourth-order valence-corrected chi connectivity index (χ4v) is 2.35. The van der Waals surface area contributed by atoms with Crippen molar-refractivity contribution < 1.29 is 9.21 Å². The Morgan fingerprint density at radius 3 is 2.90 bits per heavy atom. The van der Waals surface area contributed by atoms with Gasteiger partial charge in [-0.1, -0.05) is 6.07 Å². The van der Waals surface area contributed by atoms with Gasteiger partial charge in [0.1, 0.15) is 5.78 Å². The van der Waals surface area contributed by atoms with Crippen molar-refractivity contribution in [3.05, 3.63) is 42.2 Å². The van der Waals surface area contributed by atoms with Gasteiger partial charge in [-0.2, -0.15) is 0 Å². The average molecular weight is 268 g/mol. The minimum atomic E-state index is 0.211. The van der Waals surface area contributed by atoms with E-state index in [-0.39, 0.29) is 5.78 Å². The number of hydrogen-bond donors (Lipinski definition) is 0. The molecule has 0 bridgehead atoms. The maximum atomic E-state index is 11.1. The van der Waals surface area contributed by atoms with Crippen molar-refractivity contribution in [3.8, 4) is 11.6 Å². The lowest BCUT2D eigenvalue weighted by Gasteiger charge is -2.00. The highest BCUT2D eigenvalue weighted by Gasteiger charge is 2.12. The fraction of sp³-hybridized carbons (Fsp3) is 0.250. The molecule has 0 saturated heterocycles.